The van der Waals surface area contributed by atoms with Crippen LogP contribution in [0.4, 0.5) is 0 Å². The largest absolute Gasteiger partial charge is 0.392 e. The first-order valence-corrected chi connectivity index (χ1v) is 4.06. The maximum Gasteiger partial charge on any atom is 0.239 e. The molecule has 1 aromatic rings. The quantitative estimate of drug-likeness (QED) is 0.407. The summed E-state index contributed by atoms with van der Waals surface area (Å²) in [6.07, 6.45) is 1.71. The van der Waals surface area contributed by atoms with Gasteiger partial charge < -0.3 is 4.18 Å². The Hall–Kier alpha value is -0.290. The van der Waals surface area contributed by atoms with Gasteiger partial charge >= 0.3 is 0 Å². The molecular formula is C3H2N2OS2. The zero-order chi connectivity index (χ0) is 5.40. The van der Waals surface area contributed by atoms with Crippen molar-refractivity contribution in [1.82, 2.24) is 9.19 Å². The van der Waals surface area contributed by atoms with Gasteiger partial charge in [0.25, 0.3) is 0 Å². The predicted octanol–water partition coefficient (Wildman–Crippen LogP) is 1.33. The summed E-state index contributed by atoms with van der Waals surface area (Å²) in [6.45, 7) is 0. The van der Waals surface area contributed by atoms with Gasteiger partial charge in [-0.05, 0) is 0 Å². The molecule has 0 saturated heterocycles. The monoisotopic (exact) mass is 146 g/mol. The van der Waals surface area contributed by atoms with E-state index in [1.165, 1.54) is 22.1 Å². The van der Waals surface area contributed by atoms with Gasteiger partial charge in [-0.3, -0.25) is 0 Å². The molecule has 0 atom stereocenters. The average Bonchev–Trinajstić information content (AvgIpc) is 2.15. The number of hydrogen-bond acceptors (Lipinski definition) is 4. The molecule has 0 N–H and O–H groups in total. The Morgan fingerprint density at radius 3 is 3.62 bits per heavy atom. The lowest BCUT2D eigenvalue weighted by Crippen LogP contribution is -1.78. The fourth-order valence-corrected chi connectivity index (χ4v) is 1.88. The first-order valence-electron chi connectivity index (χ1n) is 2.02. The zero-order valence-electron chi connectivity index (χ0n) is 3.77. The summed E-state index contributed by atoms with van der Waals surface area (Å²) >= 11 is 1.33. The third kappa shape index (κ3) is 0.513. The normalized spacial score (nSPS) is 15.5. The highest BCUT2D eigenvalue weighted by molar-refractivity contribution is 8.74. The van der Waals surface area contributed by atoms with Crippen molar-refractivity contribution in [2.75, 3.05) is 0 Å². The van der Waals surface area contributed by atoms with E-state index in [4.69, 9.17) is 4.18 Å². The molecule has 0 fully saturated rings. The molecule has 0 aliphatic carbocycles. The minimum absolute atomic E-state index is 0.819. The van der Waals surface area contributed by atoms with Gasteiger partial charge in [0, 0.05) is 6.07 Å². The molecule has 0 aromatic carbocycles. The summed E-state index contributed by atoms with van der Waals surface area (Å²) in [6, 6.07) is 1.83. The molecule has 1 aliphatic heterocycles. The molecule has 0 saturated carbocycles. The lowest BCUT2D eigenvalue weighted by atomic mass is 10.7. The second kappa shape index (κ2) is 1.60. The molecule has 0 bridgehead atoms. The maximum absolute atomic E-state index is 5.02. The summed E-state index contributed by atoms with van der Waals surface area (Å²) in [4.78, 5) is 0. The molecule has 1 aliphatic rings. The van der Waals surface area contributed by atoms with Gasteiger partial charge in [-0.2, -0.15) is 9.19 Å². The molecule has 0 radical (unpaired) electrons. The topological polar surface area (TPSA) is 27.1 Å². The van der Waals surface area contributed by atoms with Gasteiger partial charge in [-0.25, -0.2) is 0 Å². The first kappa shape index (κ1) is 4.58. The number of aromatic nitrogens is 2. The van der Waals surface area contributed by atoms with Crippen molar-refractivity contribution in [2.24, 2.45) is 0 Å². The minimum atomic E-state index is 0.819. The van der Waals surface area contributed by atoms with Crippen molar-refractivity contribution in [2.45, 2.75) is 0 Å². The molecule has 1 aromatic heterocycles. The van der Waals surface area contributed by atoms with Crippen molar-refractivity contribution in [3.63, 3.8) is 0 Å². The van der Waals surface area contributed by atoms with E-state index in [-0.39, 0.29) is 0 Å². The van der Waals surface area contributed by atoms with Crippen LogP contribution in [-0.4, -0.2) is 9.19 Å². The fraction of sp³-hybridized carbons (Fsp3) is 0. The Balaban J connectivity index is 2.54. The van der Waals surface area contributed by atoms with Crippen LogP contribution in [0.25, 0.3) is 0 Å². The third-order valence-corrected chi connectivity index (χ3v) is 2.32. The Labute approximate surface area is 54.1 Å². The van der Waals surface area contributed by atoms with Gasteiger partial charge in [0.05, 0.1) is 17.2 Å². The van der Waals surface area contributed by atoms with Crippen LogP contribution in [0.5, 0.6) is 5.88 Å². The van der Waals surface area contributed by atoms with Crippen molar-refractivity contribution in [1.29, 1.82) is 0 Å². The standard InChI is InChI=1S/C3H2N2OS2/c1-2-4-5-3(1)6-8-7-5/h1-2H. The lowest BCUT2D eigenvalue weighted by Gasteiger charge is -1.80. The molecule has 3 nitrogen and oxygen atoms in total. The van der Waals surface area contributed by atoms with Crippen LogP contribution >= 0.6 is 22.1 Å². The van der Waals surface area contributed by atoms with Gasteiger partial charge in [-0.1, -0.05) is 0 Å². The van der Waals surface area contributed by atoms with E-state index in [0.29, 0.717) is 0 Å². The van der Waals surface area contributed by atoms with Crippen LogP contribution in [0.2, 0.25) is 0 Å². The number of rotatable bonds is 0. The smallest absolute Gasteiger partial charge is 0.239 e. The summed E-state index contributed by atoms with van der Waals surface area (Å²) in [5, 5.41) is 3.93. The average molecular weight is 146 g/mol. The highest BCUT2D eigenvalue weighted by Gasteiger charge is 2.12. The number of nitrogens with zero attached hydrogens (tertiary/aromatic N) is 2. The summed E-state index contributed by atoms with van der Waals surface area (Å²) in [5.41, 5.74) is 0. The molecule has 0 amide bonds. The Bertz CT molecular complexity index is 180. The molecule has 2 heterocycles. The van der Waals surface area contributed by atoms with Gasteiger partial charge in [0.2, 0.25) is 5.88 Å². The second-order valence-corrected chi connectivity index (χ2v) is 2.92. The van der Waals surface area contributed by atoms with Gasteiger partial charge in [0.1, 0.15) is 0 Å². The van der Waals surface area contributed by atoms with Crippen LogP contribution in [0, 0.1) is 0 Å². The van der Waals surface area contributed by atoms with Crippen molar-refractivity contribution in [3.8, 4) is 5.88 Å². The Morgan fingerprint density at radius 2 is 2.75 bits per heavy atom. The van der Waals surface area contributed by atoms with Crippen LogP contribution in [0.3, 0.4) is 0 Å². The highest BCUT2D eigenvalue weighted by atomic mass is 33.1. The van der Waals surface area contributed by atoms with E-state index < -0.39 is 0 Å². The van der Waals surface area contributed by atoms with Crippen molar-refractivity contribution >= 4 is 22.1 Å². The predicted molar refractivity (Wildman–Crippen MR) is 33.4 cm³/mol. The molecule has 2 rings (SSSR count). The zero-order valence-corrected chi connectivity index (χ0v) is 5.41. The van der Waals surface area contributed by atoms with E-state index in [1.807, 2.05) is 6.07 Å². The SMILES string of the molecule is c1cc2n(n1)SSO2. The van der Waals surface area contributed by atoms with E-state index in [2.05, 4.69) is 5.10 Å². The van der Waals surface area contributed by atoms with Crippen LogP contribution < -0.4 is 4.18 Å². The van der Waals surface area contributed by atoms with Crippen LogP contribution in [0.15, 0.2) is 12.3 Å². The van der Waals surface area contributed by atoms with E-state index in [0.717, 1.165) is 5.88 Å². The molecular weight excluding hydrogens is 144 g/mol. The fourth-order valence-electron chi connectivity index (χ4n) is 0.473. The lowest BCUT2D eigenvalue weighted by molar-refractivity contribution is 0.621. The summed E-state index contributed by atoms with van der Waals surface area (Å²) in [7, 11) is 1.47. The Morgan fingerprint density at radius 1 is 1.75 bits per heavy atom. The molecule has 0 unspecified atom stereocenters. The molecule has 5 heteroatoms. The first-order chi connectivity index (χ1) is 3.97. The minimum Gasteiger partial charge on any atom is -0.392 e. The van der Waals surface area contributed by atoms with Gasteiger partial charge in [-0.15, -0.1) is 0 Å². The number of fused-ring (bicyclic) bond motifs is 1. The summed E-state index contributed by atoms with van der Waals surface area (Å²) < 4.78 is 6.75. The summed E-state index contributed by atoms with van der Waals surface area (Å²) in [5.74, 6) is 0.819. The van der Waals surface area contributed by atoms with Crippen molar-refractivity contribution in [3.05, 3.63) is 12.3 Å². The highest BCUT2D eigenvalue weighted by Crippen LogP contribution is 2.37. The third-order valence-electron chi connectivity index (χ3n) is 0.798. The van der Waals surface area contributed by atoms with Crippen LogP contribution in [-0.2, 0) is 0 Å². The van der Waals surface area contributed by atoms with E-state index in [1.54, 1.807) is 10.3 Å². The number of hydrogen-bond donors (Lipinski definition) is 0. The Kier molecular flexibility index (Phi) is 0.913. The maximum atomic E-state index is 5.02. The molecule has 42 valence electrons. The van der Waals surface area contributed by atoms with Gasteiger partial charge in [0.15, 0.2) is 11.1 Å². The van der Waals surface area contributed by atoms with E-state index >= 15 is 0 Å². The van der Waals surface area contributed by atoms with Crippen molar-refractivity contribution < 1.29 is 4.18 Å². The van der Waals surface area contributed by atoms with E-state index in [9.17, 15) is 0 Å². The molecule has 0 spiro atoms. The van der Waals surface area contributed by atoms with Crippen LogP contribution in [0.1, 0.15) is 0 Å². The molecule has 8 heavy (non-hydrogen) atoms. The second-order valence-electron chi connectivity index (χ2n) is 1.27.